The molecule has 2 aliphatic rings. The van der Waals surface area contributed by atoms with E-state index < -0.39 is 0 Å². The number of aromatic nitrogens is 1. The Morgan fingerprint density at radius 2 is 2.17 bits per heavy atom. The lowest BCUT2D eigenvalue weighted by Gasteiger charge is -2.25. The van der Waals surface area contributed by atoms with Crippen LogP contribution in [0.3, 0.4) is 0 Å². The van der Waals surface area contributed by atoms with Crippen molar-refractivity contribution >= 4 is 5.82 Å². The molecule has 1 aromatic rings. The largest absolute Gasteiger partial charge is 0.355 e. The molecule has 18 heavy (non-hydrogen) atoms. The first-order valence-electron chi connectivity index (χ1n) is 6.65. The minimum atomic E-state index is 0.607. The highest BCUT2D eigenvalue weighted by Crippen LogP contribution is 2.24. The summed E-state index contributed by atoms with van der Waals surface area (Å²) in [6.45, 7) is 4.01. The summed E-state index contributed by atoms with van der Waals surface area (Å²) >= 11 is 0. The number of aryl methyl sites for hydroxylation is 1. The van der Waals surface area contributed by atoms with E-state index in [0.29, 0.717) is 17.6 Å². The molecule has 3 rings (SSSR count). The Morgan fingerprint density at radius 3 is 2.94 bits per heavy atom. The molecule has 3 heterocycles. The Kier molecular flexibility index (Phi) is 2.92. The number of nitriles is 1. The SMILES string of the molecule is Cc1nc(N2CCC3CCC(C2)N3)ccc1C#N. The minimum Gasteiger partial charge on any atom is -0.355 e. The van der Waals surface area contributed by atoms with Gasteiger partial charge in [0.05, 0.1) is 11.3 Å². The Bertz CT molecular complexity index is 491. The van der Waals surface area contributed by atoms with Gasteiger partial charge in [-0.15, -0.1) is 0 Å². The van der Waals surface area contributed by atoms with E-state index in [9.17, 15) is 0 Å². The van der Waals surface area contributed by atoms with Gasteiger partial charge in [-0.3, -0.25) is 0 Å². The number of nitrogens with zero attached hydrogens (tertiary/aromatic N) is 3. The quantitative estimate of drug-likeness (QED) is 0.812. The van der Waals surface area contributed by atoms with Crippen molar-refractivity contribution in [2.24, 2.45) is 0 Å². The number of pyridine rings is 1. The summed E-state index contributed by atoms with van der Waals surface area (Å²) in [5.41, 5.74) is 1.51. The van der Waals surface area contributed by atoms with Crippen LogP contribution in [0.15, 0.2) is 12.1 Å². The van der Waals surface area contributed by atoms with Crippen LogP contribution in [-0.4, -0.2) is 30.2 Å². The third-order valence-corrected chi connectivity index (χ3v) is 4.04. The van der Waals surface area contributed by atoms with Crippen molar-refractivity contribution in [2.75, 3.05) is 18.0 Å². The molecule has 0 amide bonds. The van der Waals surface area contributed by atoms with E-state index >= 15 is 0 Å². The zero-order valence-electron chi connectivity index (χ0n) is 10.7. The smallest absolute Gasteiger partial charge is 0.128 e. The molecular formula is C14H18N4. The highest BCUT2D eigenvalue weighted by Gasteiger charge is 2.29. The van der Waals surface area contributed by atoms with Gasteiger partial charge in [0.1, 0.15) is 11.9 Å². The molecule has 0 saturated carbocycles. The van der Waals surface area contributed by atoms with Crippen LogP contribution in [0.1, 0.15) is 30.5 Å². The maximum absolute atomic E-state index is 8.94. The summed E-state index contributed by atoms with van der Waals surface area (Å²) in [5, 5.41) is 12.6. The first kappa shape index (κ1) is 11.5. The molecule has 2 bridgehead atoms. The van der Waals surface area contributed by atoms with Crippen molar-refractivity contribution in [2.45, 2.75) is 38.3 Å². The summed E-state index contributed by atoms with van der Waals surface area (Å²) in [6, 6.07) is 7.33. The lowest BCUT2D eigenvalue weighted by Crippen LogP contribution is -2.35. The summed E-state index contributed by atoms with van der Waals surface area (Å²) in [7, 11) is 0. The molecule has 0 radical (unpaired) electrons. The van der Waals surface area contributed by atoms with E-state index in [0.717, 1.165) is 24.6 Å². The summed E-state index contributed by atoms with van der Waals surface area (Å²) < 4.78 is 0. The summed E-state index contributed by atoms with van der Waals surface area (Å²) in [5.74, 6) is 1.01. The zero-order chi connectivity index (χ0) is 12.5. The third-order valence-electron chi connectivity index (χ3n) is 4.04. The monoisotopic (exact) mass is 242 g/mol. The molecule has 2 aliphatic heterocycles. The van der Waals surface area contributed by atoms with Gasteiger partial charge < -0.3 is 10.2 Å². The van der Waals surface area contributed by atoms with Gasteiger partial charge in [0.2, 0.25) is 0 Å². The van der Waals surface area contributed by atoms with Crippen molar-refractivity contribution < 1.29 is 0 Å². The second kappa shape index (κ2) is 4.58. The van der Waals surface area contributed by atoms with Crippen molar-refractivity contribution in [3.63, 3.8) is 0 Å². The van der Waals surface area contributed by atoms with Crippen LogP contribution in [0.25, 0.3) is 0 Å². The average Bonchev–Trinajstić information content (AvgIpc) is 2.69. The topological polar surface area (TPSA) is 52.0 Å². The van der Waals surface area contributed by atoms with Gasteiger partial charge in [0.15, 0.2) is 0 Å². The van der Waals surface area contributed by atoms with E-state index in [1.807, 2.05) is 19.1 Å². The van der Waals surface area contributed by atoms with E-state index in [4.69, 9.17) is 5.26 Å². The molecule has 2 fully saturated rings. The zero-order valence-corrected chi connectivity index (χ0v) is 10.7. The molecule has 0 spiro atoms. The molecule has 1 N–H and O–H groups in total. The van der Waals surface area contributed by atoms with Gasteiger partial charge in [-0.05, 0) is 38.3 Å². The van der Waals surface area contributed by atoms with E-state index in [1.165, 1.54) is 19.3 Å². The Balaban J connectivity index is 1.82. The van der Waals surface area contributed by atoms with Gasteiger partial charge >= 0.3 is 0 Å². The first-order chi connectivity index (χ1) is 8.76. The predicted octanol–water partition coefficient (Wildman–Crippen LogP) is 1.59. The van der Waals surface area contributed by atoms with Crippen LogP contribution in [0, 0.1) is 18.3 Å². The van der Waals surface area contributed by atoms with Crippen molar-refractivity contribution in [3.05, 3.63) is 23.4 Å². The highest BCUT2D eigenvalue weighted by atomic mass is 15.2. The molecular weight excluding hydrogens is 224 g/mol. The number of fused-ring (bicyclic) bond motifs is 2. The van der Waals surface area contributed by atoms with Crippen LogP contribution >= 0.6 is 0 Å². The van der Waals surface area contributed by atoms with Gasteiger partial charge in [-0.1, -0.05) is 0 Å². The van der Waals surface area contributed by atoms with Crippen LogP contribution in [0.2, 0.25) is 0 Å². The van der Waals surface area contributed by atoms with E-state index in [2.05, 4.69) is 21.3 Å². The Morgan fingerprint density at radius 1 is 1.33 bits per heavy atom. The summed E-state index contributed by atoms with van der Waals surface area (Å²) in [4.78, 5) is 6.92. The van der Waals surface area contributed by atoms with Gasteiger partial charge in [0.25, 0.3) is 0 Å². The van der Waals surface area contributed by atoms with Crippen LogP contribution in [0.5, 0.6) is 0 Å². The van der Waals surface area contributed by atoms with Gasteiger partial charge in [0, 0.05) is 25.2 Å². The standard InChI is InChI=1S/C14H18N4/c1-10-11(8-15)2-5-14(16-10)18-7-6-12-3-4-13(9-18)17-12/h2,5,12-13,17H,3-4,6-7,9H2,1H3. The molecule has 2 unspecified atom stereocenters. The molecule has 1 aromatic heterocycles. The maximum Gasteiger partial charge on any atom is 0.128 e. The predicted molar refractivity (Wildman–Crippen MR) is 70.5 cm³/mol. The fourth-order valence-corrected chi connectivity index (χ4v) is 2.99. The fraction of sp³-hybridized carbons (Fsp3) is 0.571. The maximum atomic E-state index is 8.94. The fourth-order valence-electron chi connectivity index (χ4n) is 2.99. The second-order valence-corrected chi connectivity index (χ2v) is 5.29. The normalized spacial score (nSPS) is 26.8. The molecule has 2 atom stereocenters. The summed E-state index contributed by atoms with van der Waals surface area (Å²) in [6.07, 6.45) is 3.78. The molecule has 0 aromatic carbocycles. The highest BCUT2D eigenvalue weighted by molar-refractivity contribution is 5.45. The van der Waals surface area contributed by atoms with Crippen molar-refractivity contribution in [3.8, 4) is 6.07 Å². The lowest BCUT2D eigenvalue weighted by molar-refractivity contribution is 0.563. The Hall–Kier alpha value is -1.60. The first-order valence-corrected chi connectivity index (χ1v) is 6.65. The molecule has 4 heteroatoms. The number of anilines is 1. The number of hydrogen-bond donors (Lipinski definition) is 1. The molecule has 4 nitrogen and oxygen atoms in total. The molecule has 2 saturated heterocycles. The van der Waals surface area contributed by atoms with E-state index in [1.54, 1.807) is 0 Å². The van der Waals surface area contributed by atoms with Crippen LogP contribution in [0.4, 0.5) is 5.82 Å². The van der Waals surface area contributed by atoms with Crippen LogP contribution < -0.4 is 10.2 Å². The van der Waals surface area contributed by atoms with E-state index in [-0.39, 0.29) is 0 Å². The van der Waals surface area contributed by atoms with Crippen LogP contribution in [-0.2, 0) is 0 Å². The second-order valence-electron chi connectivity index (χ2n) is 5.29. The van der Waals surface area contributed by atoms with Crippen molar-refractivity contribution in [1.82, 2.24) is 10.3 Å². The molecule has 94 valence electrons. The van der Waals surface area contributed by atoms with Gasteiger partial charge in [-0.25, -0.2) is 4.98 Å². The average molecular weight is 242 g/mol. The third kappa shape index (κ3) is 2.06. The number of hydrogen-bond acceptors (Lipinski definition) is 4. The number of nitrogens with one attached hydrogen (secondary N) is 1. The minimum absolute atomic E-state index is 0.607. The lowest BCUT2D eigenvalue weighted by atomic mass is 10.1. The Labute approximate surface area is 108 Å². The van der Waals surface area contributed by atoms with Crippen molar-refractivity contribution in [1.29, 1.82) is 5.26 Å². The van der Waals surface area contributed by atoms with Gasteiger partial charge in [-0.2, -0.15) is 5.26 Å². The molecule has 0 aliphatic carbocycles. The number of rotatable bonds is 1.